The number of nitrogens with zero attached hydrogens (tertiary/aromatic N) is 2. The van der Waals surface area contributed by atoms with Gasteiger partial charge in [-0.15, -0.1) is 11.3 Å². The van der Waals surface area contributed by atoms with Crippen LogP contribution in [-0.2, 0) is 13.0 Å². The van der Waals surface area contributed by atoms with Crippen molar-refractivity contribution in [3.8, 4) is 11.1 Å². The molecule has 2 aromatic heterocycles. The van der Waals surface area contributed by atoms with Gasteiger partial charge in [0.05, 0.1) is 17.6 Å². The molecule has 142 valence electrons. The number of unbranched alkanes of at least 4 members (excludes halogenated alkanes) is 1. The Morgan fingerprint density at radius 2 is 1.89 bits per heavy atom. The lowest BCUT2D eigenvalue weighted by atomic mass is 9.99. The van der Waals surface area contributed by atoms with Crippen LogP contribution in [0.15, 0.2) is 60.0 Å². The number of aromatic nitrogens is 2. The maximum absolute atomic E-state index is 11.5. The van der Waals surface area contributed by atoms with Gasteiger partial charge in [0.15, 0.2) is 0 Å². The van der Waals surface area contributed by atoms with Gasteiger partial charge in [0.25, 0.3) is 0 Å². The largest absolute Gasteiger partial charge is 0.478 e. The summed E-state index contributed by atoms with van der Waals surface area (Å²) in [6.45, 7) is 2.97. The molecule has 0 fully saturated rings. The van der Waals surface area contributed by atoms with Gasteiger partial charge < -0.3 is 9.67 Å². The molecule has 0 amide bonds. The lowest BCUT2D eigenvalue weighted by Gasteiger charge is -2.10. The zero-order valence-electron chi connectivity index (χ0n) is 15.8. The second-order valence-corrected chi connectivity index (χ2v) is 7.77. The zero-order valence-corrected chi connectivity index (χ0v) is 16.6. The van der Waals surface area contributed by atoms with Crippen molar-refractivity contribution in [2.75, 3.05) is 0 Å². The topological polar surface area (TPSA) is 55.1 Å². The molecule has 4 aromatic rings. The Bertz CT molecular complexity index is 1110. The summed E-state index contributed by atoms with van der Waals surface area (Å²) in [5.74, 6) is 0.239. The minimum absolute atomic E-state index is 0.326. The highest BCUT2D eigenvalue weighted by molar-refractivity contribution is 7.16. The number of imidazole rings is 1. The second-order valence-electron chi connectivity index (χ2n) is 6.88. The quantitative estimate of drug-likeness (QED) is 0.430. The van der Waals surface area contributed by atoms with E-state index in [1.54, 1.807) is 23.5 Å². The van der Waals surface area contributed by atoms with Crippen LogP contribution >= 0.6 is 11.3 Å². The molecule has 4 nitrogen and oxygen atoms in total. The Morgan fingerprint density at radius 3 is 2.64 bits per heavy atom. The highest BCUT2D eigenvalue weighted by Crippen LogP contribution is 2.27. The zero-order chi connectivity index (χ0) is 19.5. The summed E-state index contributed by atoms with van der Waals surface area (Å²) in [7, 11) is 0. The van der Waals surface area contributed by atoms with Crippen molar-refractivity contribution in [1.29, 1.82) is 0 Å². The van der Waals surface area contributed by atoms with Crippen LogP contribution in [0.5, 0.6) is 0 Å². The van der Waals surface area contributed by atoms with Crippen molar-refractivity contribution in [1.82, 2.24) is 9.55 Å². The highest BCUT2D eigenvalue weighted by atomic mass is 32.1. The first-order valence-corrected chi connectivity index (χ1v) is 10.4. The summed E-state index contributed by atoms with van der Waals surface area (Å²) >= 11 is 1.73. The fraction of sp³-hybridized carbons (Fsp3) is 0.217. The molecule has 0 radical (unpaired) electrons. The molecule has 0 aliphatic rings. The van der Waals surface area contributed by atoms with Gasteiger partial charge in [-0.2, -0.15) is 0 Å². The van der Waals surface area contributed by atoms with Crippen LogP contribution in [0.1, 0.15) is 41.5 Å². The molecule has 0 bridgehead atoms. The van der Waals surface area contributed by atoms with Crippen LogP contribution < -0.4 is 0 Å². The molecule has 28 heavy (non-hydrogen) atoms. The number of benzene rings is 2. The molecule has 2 aromatic carbocycles. The number of carbonyl (C=O) groups is 1. The second kappa shape index (κ2) is 7.98. The molecule has 0 aliphatic heterocycles. The van der Waals surface area contributed by atoms with Crippen molar-refractivity contribution in [3.05, 3.63) is 76.9 Å². The van der Waals surface area contributed by atoms with Gasteiger partial charge in [-0.1, -0.05) is 55.8 Å². The Morgan fingerprint density at radius 1 is 1.11 bits per heavy atom. The Hall–Kier alpha value is -2.92. The lowest BCUT2D eigenvalue weighted by molar-refractivity contribution is 0.0697. The molecule has 5 heteroatoms. The molecule has 0 unspecified atom stereocenters. The molecular formula is C23H22N2O2S. The first-order valence-electron chi connectivity index (χ1n) is 9.51. The molecule has 0 spiro atoms. The van der Waals surface area contributed by atoms with Crippen LogP contribution in [0.4, 0.5) is 0 Å². The van der Waals surface area contributed by atoms with E-state index in [-0.39, 0.29) is 0 Å². The van der Waals surface area contributed by atoms with Crippen LogP contribution in [0.3, 0.4) is 0 Å². The average Bonchev–Trinajstić information content (AvgIpc) is 3.29. The minimum Gasteiger partial charge on any atom is -0.478 e. The third-order valence-corrected chi connectivity index (χ3v) is 5.87. The van der Waals surface area contributed by atoms with E-state index in [1.807, 2.05) is 24.3 Å². The van der Waals surface area contributed by atoms with E-state index in [4.69, 9.17) is 4.98 Å². The van der Waals surface area contributed by atoms with E-state index in [0.717, 1.165) is 48.3 Å². The third-order valence-electron chi connectivity index (χ3n) is 4.95. The van der Waals surface area contributed by atoms with Crippen LogP contribution in [0.2, 0.25) is 0 Å². The van der Waals surface area contributed by atoms with E-state index in [1.165, 1.54) is 10.4 Å². The summed E-state index contributed by atoms with van der Waals surface area (Å²) < 4.78 is 2.32. The number of aromatic carboxylic acids is 1. The first kappa shape index (κ1) is 18.4. The van der Waals surface area contributed by atoms with E-state index in [9.17, 15) is 9.90 Å². The minimum atomic E-state index is -0.904. The fourth-order valence-electron chi connectivity index (χ4n) is 3.48. The molecule has 0 saturated carbocycles. The molecule has 2 heterocycles. The Balaban J connectivity index is 1.63. The van der Waals surface area contributed by atoms with Crippen LogP contribution in [-0.4, -0.2) is 20.6 Å². The number of rotatable bonds is 7. The standard InChI is InChI=1S/C23H22N2O2S/c1-2-3-8-21-24-20-13-14-28-22(20)25(21)15-16-9-11-17(12-10-16)18-6-4-5-7-19(18)23(26)27/h4-7,9-14H,2-3,8,15H2,1H3,(H,26,27). The van der Waals surface area contributed by atoms with E-state index >= 15 is 0 Å². The van der Waals surface area contributed by atoms with Gasteiger partial charge in [0, 0.05) is 6.42 Å². The van der Waals surface area contributed by atoms with Gasteiger partial charge in [0.1, 0.15) is 10.7 Å². The number of carboxylic acid groups (broad SMARTS) is 1. The number of aryl methyl sites for hydroxylation is 1. The molecule has 0 saturated heterocycles. The number of carboxylic acids is 1. The smallest absolute Gasteiger partial charge is 0.336 e. The van der Waals surface area contributed by atoms with Gasteiger partial charge in [0.2, 0.25) is 0 Å². The van der Waals surface area contributed by atoms with E-state index in [2.05, 4.69) is 35.1 Å². The fourth-order valence-corrected chi connectivity index (χ4v) is 4.34. The van der Waals surface area contributed by atoms with Crippen molar-refractivity contribution in [2.24, 2.45) is 0 Å². The average molecular weight is 391 g/mol. The summed E-state index contributed by atoms with van der Waals surface area (Å²) in [4.78, 5) is 17.5. The van der Waals surface area contributed by atoms with Crippen molar-refractivity contribution >= 4 is 27.7 Å². The van der Waals surface area contributed by atoms with Crippen LogP contribution in [0, 0.1) is 0 Å². The molecule has 1 N–H and O–H groups in total. The van der Waals surface area contributed by atoms with Gasteiger partial charge in [-0.05, 0) is 40.6 Å². The summed E-state index contributed by atoms with van der Waals surface area (Å²) in [5, 5.41) is 11.5. The summed E-state index contributed by atoms with van der Waals surface area (Å²) in [6.07, 6.45) is 3.27. The maximum Gasteiger partial charge on any atom is 0.336 e. The summed E-state index contributed by atoms with van der Waals surface area (Å²) in [5.41, 5.74) is 4.24. The molecule has 0 aliphatic carbocycles. The van der Waals surface area contributed by atoms with Gasteiger partial charge in [-0.25, -0.2) is 9.78 Å². The maximum atomic E-state index is 11.5. The third kappa shape index (κ3) is 3.58. The summed E-state index contributed by atoms with van der Waals surface area (Å²) in [6, 6.07) is 17.4. The molecular weight excluding hydrogens is 368 g/mol. The predicted molar refractivity (Wildman–Crippen MR) is 114 cm³/mol. The van der Waals surface area contributed by atoms with Gasteiger partial charge in [-0.3, -0.25) is 0 Å². The molecule has 0 atom stereocenters. The monoisotopic (exact) mass is 390 g/mol. The van der Waals surface area contributed by atoms with Gasteiger partial charge >= 0.3 is 5.97 Å². The number of hydrogen-bond acceptors (Lipinski definition) is 3. The van der Waals surface area contributed by atoms with Crippen LogP contribution in [0.25, 0.3) is 21.5 Å². The Kier molecular flexibility index (Phi) is 5.26. The van der Waals surface area contributed by atoms with E-state index < -0.39 is 5.97 Å². The number of hydrogen-bond donors (Lipinski definition) is 1. The van der Waals surface area contributed by atoms with Crippen molar-refractivity contribution in [2.45, 2.75) is 32.7 Å². The first-order chi connectivity index (χ1) is 13.7. The normalized spacial score (nSPS) is 11.2. The molecule has 4 rings (SSSR count). The van der Waals surface area contributed by atoms with Crippen molar-refractivity contribution < 1.29 is 9.90 Å². The van der Waals surface area contributed by atoms with E-state index in [0.29, 0.717) is 5.56 Å². The SMILES string of the molecule is CCCCc1nc2ccsc2n1Cc1ccc(-c2ccccc2C(=O)O)cc1. The Labute approximate surface area is 168 Å². The number of thiophene rings is 1. The number of fused-ring (bicyclic) bond motifs is 1. The lowest BCUT2D eigenvalue weighted by Crippen LogP contribution is -2.05. The predicted octanol–water partition coefficient (Wildman–Crippen LogP) is 5.85. The highest BCUT2D eigenvalue weighted by Gasteiger charge is 2.13. The van der Waals surface area contributed by atoms with Crippen molar-refractivity contribution in [3.63, 3.8) is 0 Å².